The van der Waals surface area contributed by atoms with Gasteiger partial charge in [0, 0.05) is 10.9 Å². The molecule has 0 radical (unpaired) electrons. The van der Waals surface area contributed by atoms with Gasteiger partial charge >= 0.3 is 0 Å². The predicted octanol–water partition coefficient (Wildman–Crippen LogP) is 4.25. The van der Waals surface area contributed by atoms with Crippen LogP contribution >= 0.6 is 11.8 Å². The molecule has 2 saturated carbocycles. The molecule has 102 valence electrons. The SMILES string of the molecule is c1ccc2c(c1)SCCC2NCC1CC2CCC1C2. The molecule has 4 rings (SSSR count). The molecule has 1 aromatic rings. The van der Waals surface area contributed by atoms with E-state index in [2.05, 4.69) is 29.6 Å². The van der Waals surface area contributed by atoms with Crippen molar-refractivity contribution in [1.82, 2.24) is 5.32 Å². The second-order valence-corrected chi connectivity index (χ2v) is 7.71. The Morgan fingerprint density at radius 1 is 1.11 bits per heavy atom. The van der Waals surface area contributed by atoms with Crippen molar-refractivity contribution in [2.45, 2.75) is 43.0 Å². The highest BCUT2D eigenvalue weighted by Crippen LogP contribution is 2.48. The van der Waals surface area contributed by atoms with Gasteiger partial charge in [-0.3, -0.25) is 0 Å². The topological polar surface area (TPSA) is 12.0 Å². The minimum Gasteiger partial charge on any atom is -0.310 e. The van der Waals surface area contributed by atoms with Crippen molar-refractivity contribution in [3.63, 3.8) is 0 Å². The molecule has 0 aromatic heterocycles. The van der Waals surface area contributed by atoms with Gasteiger partial charge in [-0.1, -0.05) is 24.6 Å². The zero-order valence-electron chi connectivity index (χ0n) is 11.5. The minimum absolute atomic E-state index is 0.608. The zero-order chi connectivity index (χ0) is 12.7. The number of thioether (sulfide) groups is 1. The maximum atomic E-state index is 3.89. The van der Waals surface area contributed by atoms with E-state index in [1.54, 1.807) is 5.56 Å². The molecular formula is C17H23NS. The van der Waals surface area contributed by atoms with Crippen LogP contribution in [-0.2, 0) is 0 Å². The predicted molar refractivity (Wildman–Crippen MR) is 81.5 cm³/mol. The molecular weight excluding hydrogens is 250 g/mol. The first-order valence-corrected chi connectivity index (χ1v) is 8.84. The first kappa shape index (κ1) is 12.3. The summed E-state index contributed by atoms with van der Waals surface area (Å²) in [7, 11) is 0. The Labute approximate surface area is 120 Å². The highest BCUT2D eigenvalue weighted by atomic mass is 32.2. The van der Waals surface area contributed by atoms with Crippen LogP contribution in [0.1, 0.15) is 43.7 Å². The summed E-state index contributed by atoms with van der Waals surface area (Å²) in [6, 6.07) is 9.57. The second kappa shape index (κ2) is 5.14. The number of nitrogens with one attached hydrogen (secondary N) is 1. The van der Waals surface area contributed by atoms with Crippen LogP contribution in [0.5, 0.6) is 0 Å². The standard InChI is InChI=1S/C17H23NS/c1-2-4-17-15(3-1)16(7-8-19-17)18-11-14-10-12-5-6-13(14)9-12/h1-4,12-14,16,18H,5-11H2. The molecule has 0 spiro atoms. The van der Waals surface area contributed by atoms with Crippen molar-refractivity contribution >= 4 is 11.8 Å². The summed E-state index contributed by atoms with van der Waals surface area (Å²) in [6.45, 7) is 1.25. The molecule has 0 amide bonds. The monoisotopic (exact) mass is 273 g/mol. The number of hydrogen-bond acceptors (Lipinski definition) is 2. The molecule has 0 saturated heterocycles. The lowest BCUT2D eigenvalue weighted by Gasteiger charge is -2.29. The molecule has 4 atom stereocenters. The molecule has 3 aliphatic rings. The summed E-state index contributed by atoms with van der Waals surface area (Å²) in [6.07, 6.45) is 7.35. The van der Waals surface area contributed by atoms with Crippen molar-refractivity contribution in [2.75, 3.05) is 12.3 Å². The molecule has 2 heteroatoms. The van der Waals surface area contributed by atoms with E-state index in [4.69, 9.17) is 0 Å². The first-order chi connectivity index (χ1) is 9.40. The Balaban J connectivity index is 1.41. The van der Waals surface area contributed by atoms with E-state index >= 15 is 0 Å². The van der Waals surface area contributed by atoms with Crippen molar-refractivity contribution in [3.8, 4) is 0 Å². The maximum absolute atomic E-state index is 3.89. The van der Waals surface area contributed by atoms with Crippen LogP contribution in [-0.4, -0.2) is 12.3 Å². The van der Waals surface area contributed by atoms with Crippen LogP contribution in [0.2, 0.25) is 0 Å². The second-order valence-electron chi connectivity index (χ2n) is 6.57. The van der Waals surface area contributed by atoms with Crippen LogP contribution in [0.15, 0.2) is 29.2 Å². The van der Waals surface area contributed by atoms with Gasteiger partial charge in [-0.05, 0) is 67.4 Å². The largest absolute Gasteiger partial charge is 0.310 e. The molecule has 2 fully saturated rings. The highest BCUT2D eigenvalue weighted by Gasteiger charge is 2.39. The Morgan fingerprint density at radius 2 is 2.05 bits per heavy atom. The first-order valence-electron chi connectivity index (χ1n) is 7.85. The lowest BCUT2D eigenvalue weighted by atomic mass is 9.88. The fraction of sp³-hybridized carbons (Fsp3) is 0.647. The van der Waals surface area contributed by atoms with Crippen LogP contribution in [0.3, 0.4) is 0 Å². The molecule has 2 bridgehead atoms. The fourth-order valence-electron chi connectivity index (χ4n) is 4.47. The summed E-state index contributed by atoms with van der Waals surface area (Å²) in [5.41, 5.74) is 1.54. The van der Waals surface area contributed by atoms with Crippen molar-refractivity contribution < 1.29 is 0 Å². The molecule has 2 aliphatic carbocycles. The number of benzene rings is 1. The molecule has 1 N–H and O–H groups in total. The van der Waals surface area contributed by atoms with Crippen LogP contribution in [0, 0.1) is 17.8 Å². The quantitative estimate of drug-likeness (QED) is 0.883. The Morgan fingerprint density at radius 3 is 2.89 bits per heavy atom. The highest BCUT2D eigenvalue weighted by molar-refractivity contribution is 7.99. The third-order valence-corrected chi connectivity index (χ3v) is 6.59. The van der Waals surface area contributed by atoms with Crippen molar-refractivity contribution in [2.24, 2.45) is 17.8 Å². The average Bonchev–Trinajstić information content (AvgIpc) is 3.07. The Bertz CT molecular complexity index is 458. The van der Waals surface area contributed by atoms with Gasteiger partial charge in [0.15, 0.2) is 0 Å². The van der Waals surface area contributed by atoms with Crippen molar-refractivity contribution in [3.05, 3.63) is 29.8 Å². The third kappa shape index (κ3) is 2.34. The van der Waals surface area contributed by atoms with E-state index in [0.717, 1.165) is 17.8 Å². The van der Waals surface area contributed by atoms with Gasteiger partial charge in [0.25, 0.3) is 0 Å². The van der Waals surface area contributed by atoms with Gasteiger partial charge < -0.3 is 5.32 Å². The number of hydrogen-bond donors (Lipinski definition) is 1. The lowest BCUT2D eigenvalue weighted by molar-refractivity contribution is 0.304. The van der Waals surface area contributed by atoms with Crippen LogP contribution in [0.25, 0.3) is 0 Å². The molecule has 19 heavy (non-hydrogen) atoms. The summed E-state index contributed by atoms with van der Waals surface area (Å²) in [5.74, 6) is 4.36. The van der Waals surface area contributed by atoms with E-state index < -0.39 is 0 Å². The van der Waals surface area contributed by atoms with E-state index in [0.29, 0.717) is 6.04 Å². The normalized spacial score (nSPS) is 36.4. The van der Waals surface area contributed by atoms with Gasteiger partial charge in [-0.15, -0.1) is 11.8 Å². The summed E-state index contributed by atoms with van der Waals surface area (Å²) in [5, 5.41) is 3.89. The summed E-state index contributed by atoms with van der Waals surface area (Å²) in [4.78, 5) is 1.50. The maximum Gasteiger partial charge on any atom is 0.0339 e. The van der Waals surface area contributed by atoms with Gasteiger partial charge in [0.1, 0.15) is 0 Å². The minimum atomic E-state index is 0.608. The zero-order valence-corrected chi connectivity index (χ0v) is 12.3. The van der Waals surface area contributed by atoms with E-state index in [9.17, 15) is 0 Å². The van der Waals surface area contributed by atoms with Crippen LogP contribution < -0.4 is 5.32 Å². The summed E-state index contributed by atoms with van der Waals surface area (Å²) >= 11 is 2.02. The Kier molecular flexibility index (Phi) is 3.32. The van der Waals surface area contributed by atoms with Gasteiger partial charge in [-0.25, -0.2) is 0 Å². The molecule has 1 aromatic carbocycles. The van der Waals surface area contributed by atoms with Gasteiger partial charge in [0.2, 0.25) is 0 Å². The summed E-state index contributed by atoms with van der Waals surface area (Å²) < 4.78 is 0. The number of fused-ring (bicyclic) bond motifs is 3. The lowest BCUT2D eigenvalue weighted by Crippen LogP contribution is -2.31. The molecule has 1 nitrogen and oxygen atoms in total. The van der Waals surface area contributed by atoms with E-state index in [1.165, 1.54) is 49.3 Å². The van der Waals surface area contributed by atoms with Crippen LogP contribution in [0.4, 0.5) is 0 Å². The molecule has 4 unspecified atom stereocenters. The van der Waals surface area contributed by atoms with Gasteiger partial charge in [-0.2, -0.15) is 0 Å². The third-order valence-electron chi connectivity index (χ3n) is 5.47. The molecule has 1 aliphatic heterocycles. The van der Waals surface area contributed by atoms with Gasteiger partial charge in [0.05, 0.1) is 0 Å². The average molecular weight is 273 g/mol. The number of rotatable bonds is 3. The van der Waals surface area contributed by atoms with Crippen molar-refractivity contribution in [1.29, 1.82) is 0 Å². The Hall–Kier alpha value is -0.470. The van der Waals surface area contributed by atoms with E-state index in [-0.39, 0.29) is 0 Å². The fourth-order valence-corrected chi connectivity index (χ4v) is 5.60. The van der Waals surface area contributed by atoms with E-state index in [1.807, 2.05) is 11.8 Å². The smallest absolute Gasteiger partial charge is 0.0339 e. The molecule has 1 heterocycles.